The lowest BCUT2D eigenvalue weighted by molar-refractivity contribution is -0.119. The van der Waals surface area contributed by atoms with Crippen LogP contribution in [0.4, 0.5) is 17.1 Å². The first kappa shape index (κ1) is 26.4. The Hall–Kier alpha value is -4.87. The van der Waals surface area contributed by atoms with Crippen molar-refractivity contribution >= 4 is 40.1 Å². The van der Waals surface area contributed by atoms with Crippen LogP contribution >= 0.6 is 0 Å². The van der Waals surface area contributed by atoms with Crippen molar-refractivity contribution in [1.82, 2.24) is 30.4 Å². The highest BCUT2D eigenvalue weighted by atomic mass is 16.2. The number of H-pyrrole nitrogens is 1. The van der Waals surface area contributed by atoms with Crippen LogP contribution in [0.5, 0.6) is 0 Å². The van der Waals surface area contributed by atoms with Gasteiger partial charge in [-0.25, -0.2) is 5.10 Å². The molecule has 0 radical (unpaired) electrons. The molecule has 41 heavy (non-hydrogen) atoms. The molecule has 0 saturated carbocycles. The maximum absolute atomic E-state index is 13.3. The number of piperazine rings is 1. The Morgan fingerprint density at radius 2 is 1.76 bits per heavy atom. The highest BCUT2D eigenvalue weighted by Crippen LogP contribution is 2.39. The maximum Gasteiger partial charge on any atom is 0.258 e. The van der Waals surface area contributed by atoms with Crippen LogP contribution in [0.3, 0.4) is 0 Å². The predicted octanol–water partition coefficient (Wildman–Crippen LogP) is 3.01. The van der Waals surface area contributed by atoms with Gasteiger partial charge in [-0.1, -0.05) is 30.3 Å². The molecule has 0 aliphatic carbocycles. The fourth-order valence-corrected chi connectivity index (χ4v) is 5.09. The van der Waals surface area contributed by atoms with Crippen LogP contribution in [0, 0.1) is 0 Å². The molecule has 2 amide bonds. The summed E-state index contributed by atoms with van der Waals surface area (Å²) < 4.78 is 0. The average molecular weight is 550 g/mol. The number of carbonyl (C=O) groups excluding carboxylic acids is 2. The number of likely N-dealkylation sites (N-methyl/N-ethyl adjacent to an activating group) is 2. The summed E-state index contributed by atoms with van der Waals surface area (Å²) in [7, 11) is 3.91. The summed E-state index contributed by atoms with van der Waals surface area (Å²) in [6.45, 7) is 4.12. The van der Waals surface area contributed by atoms with E-state index in [2.05, 4.69) is 48.1 Å². The molecule has 2 aliphatic rings. The second-order valence-corrected chi connectivity index (χ2v) is 10.3. The smallest absolute Gasteiger partial charge is 0.258 e. The third-order valence-corrected chi connectivity index (χ3v) is 7.55. The number of anilines is 3. The minimum Gasteiger partial charge on any atom is -0.354 e. The van der Waals surface area contributed by atoms with E-state index in [-0.39, 0.29) is 11.8 Å². The molecule has 0 unspecified atom stereocenters. The third-order valence-electron chi connectivity index (χ3n) is 7.55. The molecule has 0 atom stereocenters. The van der Waals surface area contributed by atoms with Crippen molar-refractivity contribution in [3.8, 4) is 11.4 Å². The van der Waals surface area contributed by atoms with Crippen molar-refractivity contribution in [1.29, 1.82) is 0 Å². The zero-order valence-corrected chi connectivity index (χ0v) is 23.0. The van der Waals surface area contributed by atoms with E-state index in [0.29, 0.717) is 29.3 Å². The average Bonchev–Trinajstić information content (AvgIpc) is 3.65. The molecular formula is C30H31N9O2. The second kappa shape index (κ2) is 11.3. The number of amides is 2. The van der Waals surface area contributed by atoms with E-state index in [1.807, 2.05) is 72.8 Å². The summed E-state index contributed by atoms with van der Waals surface area (Å²) in [5, 5.41) is 20.6. The van der Waals surface area contributed by atoms with Gasteiger partial charge in [0, 0.05) is 61.4 Å². The molecule has 1 fully saturated rings. The summed E-state index contributed by atoms with van der Waals surface area (Å²) in [6.07, 6.45) is 0. The fraction of sp³-hybridized carbons (Fsp3) is 0.233. The largest absolute Gasteiger partial charge is 0.354 e. The Labute approximate surface area is 237 Å². The molecule has 1 aromatic heterocycles. The van der Waals surface area contributed by atoms with Gasteiger partial charge in [0.2, 0.25) is 5.91 Å². The monoisotopic (exact) mass is 549 g/mol. The van der Waals surface area contributed by atoms with Gasteiger partial charge in [-0.3, -0.25) is 14.5 Å². The number of hydrogen-bond donors (Lipinski definition) is 3. The highest BCUT2D eigenvalue weighted by molar-refractivity contribution is 6.37. The number of hydrogen-bond acceptors (Lipinski definition) is 8. The van der Waals surface area contributed by atoms with E-state index in [9.17, 15) is 9.59 Å². The zero-order valence-electron chi connectivity index (χ0n) is 23.0. The lowest BCUT2D eigenvalue weighted by atomic mass is 9.98. The molecule has 1 saturated heterocycles. The van der Waals surface area contributed by atoms with E-state index in [1.165, 1.54) is 0 Å². The Balaban J connectivity index is 1.28. The van der Waals surface area contributed by atoms with Crippen LogP contribution < -0.4 is 15.5 Å². The number of nitrogens with one attached hydrogen (secondary N) is 3. The summed E-state index contributed by atoms with van der Waals surface area (Å²) in [5.74, 6) is 0.368. The lowest BCUT2D eigenvalue weighted by Gasteiger charge is -2.32. The predicted molar refractivity (Wildman–Crippen MR) is 159 cm³/mol. The van der Waals surface area contributed by atoms with Crippen LogP contribution in [-0.2, 0) is 9.59 Å². The Bertz CT molecular complexity index is 1580. The number of carbonyl (C=O) groups is 2. The van der Waals surface area contributed by atoms with E-state index < -0.39 is 0 Å². The van der Waals surface area contributed by atoms with Gasteiger partial charge in [0.15, 0.2) is 5.82 Å². The van der Waals surface area contributed by atoms with Crippen molar-refractivity contribution in [3.63, 3.8) is 0 Å². The zero-order chi connectivity index (χ0) is 28.3. The minimum atomic E-state index is -0.204. The summed E-state index contributed by atoms with van der Waals surface area (Å²) in [6, 6.07) is 23.0. The molecule has 0 spiro atoms. The number of nitrogens with zero attached hydrogens (tertiary/aromatic N) is 6. The normalized spacial score (nSPS) is 16.7. The van der Waals surface area contributed by atoms with Gasteiger partial charge >= 0.3 is 0 Å². The van der Waals surface area contributed by atoms with Gasteiger partial charge < -0.3 is 20.4 Å². The number of tetrazole rings is 1. The van der Waals surface area contributed by atoms with Crippen molar-refractivity contribution in [2.75, 3.05) is 62.4 Å². The standard InChI is InChI=1S/C30H31N9O2/c1-37-14-16-39(17-15-37)19-26(40)38(2)23-11-9-22(10-12-23)31-28(20-6-4-3-5-7-20)27-24-18-21(29-33-35-36-34-29)8-13-25(24)32-30(27)41/h3-13,18,31H,14-17,19H2,1-2H3,(H,32,41)(H,33,34,35,36)/b28-27-. The van der Waals surface area contributed by atoms with Gasteiger partial charge in [-0.05, 0) is 65.5 Å². The molecule has 2 aliphatic heterocycles. The third kappa shape index (κ3) is 5.58. The first-order valence-corrected chi connectivity index (χ1v) is 13.5. The highest BCUT2D eigenvalue weighted by Gasteiger charge is 2.29. The lowest BCUT2D eigenvalue weighted by Crippen LogP contribution is -2.48. The second-order valence-electron chi connectivity index (χ2n) is 10.3. The van der Waals surface area contributed by atoms with Crippen molar-refractivity contribution < 1.29 is 9.59 Å². The Kier molecular flexibility index (Phi) is 7.28. The summed E-state index contributed by atoms with van der Waals surface area (Å²) in [4.78, 5) is 32.5. The fourth-order valence-electron chi connectivity index (χ4n) is 5.09. The van der Waals surface area contributed by atoms with Crippen molar-refractivity contribution in [2.45, 2.75) is 0 Å². The number of rotatable bonds is 7. The van der Waals surface area contributed by atoms with Gasteiger partial charge in [-0.2, -0.15) is 0 Å². The molecule has 11 nitrogen and oxygen atoms in total. The molecule has 4 aromatic rings. The van der Waals surface area contributed by atoms with Crippen LogP contribution in [0.2, 0.25) is 0 Å². The van der Waals surface area contributed by atoms with Crippen molar-refractivity contribution in [2.24, 2.45) is 0 Å². The Morgan fingerprint density at radius 1 is 1.00 bits per heavy atom. The van der Waals surface area contributed by atoms with Crippen molar-refractivity contribution in [3.05, 3.63) is 83.9 Å². The molecule has 3 N–H and O–H groups in total. The van der Waals surface area contributed by atoms with Crippen LogP contribution in [0.15, 0.2) is 72.8 Å². The van der Waals surface area contributed by atoms with Crippen LogP contribution in [0.1, 0.15) is 11.1 Å². The molecule has 3 aromatic carbocycles. The van der Waals surface area contributed by atoms with Gasteiger partial charge in [-0.15, -0.1) is 5.10 Å². The number of aromatic nitrogens is 4. The molecule has 11 heteroatoms. The maximum atomic E-state index is 13.3. The van der Waals surface area contributed by atoms with E-state index in [1.54, 1.807) is 11.9 Å². The number of fused-ring (bicyclic) bond motifs is 1. The molecule has 3 heterocycles. The van der Waals surface area contributed by atoms with Crippen LogP contribution in [-0.4, -0.2) is 89.1 Å². The molecule has 6 rings (SSSR count). The van der Waals surface area contributed by atoms with Gasteiger partial charge in [0.1, 0.15) is 0 Å². The topological polar surface area (TPSA) is 122 Å². The first-order chi connectivity index (χ1) is 20.0. The number of benzene rings is 3. The summed E-state index contributed by atoms with van der Waals surface area (Å²) >= 11 is 0. The first-order valence-electron chi connectivity index (χ1n) is 13.5. The molecule has 208 valence electrons. The summed E-state index contributed by atoms with van der Waals surface area (Å²) in [5.41, 5.74) is 5.87. The van der Waals surface area contributed by atoms with E-state index >= 15 is 0 Å². The Morgan fingerprint density at radius 3 is 2.46 bits per heavy atom. The van der Waals surface area contributed by atoms with E-state index in [0.717, 1.165) is 54.2 Å². The molecule has 0 bridgehead atoms. The quantitative estimate of drug-likeness (QED) is 0.301. The van der Waals surface area contributed by atoms with E-state index in [4.69, 9.17) is 0 Å². The SMILES string of the molecule is CN1CCN(CC(=O)N(C)c2ccc(N/C(=C3\C(=O)Nc4ccc(-c5nnn[nH]5)cc43)c3ccccc3)cc2)CC1. The number of aromatic amines is 1. The van der Waals surface area contributed by atoms with Gasteiger partial charge in [0.25, 0.3) is 5.91 Å². The minimum absolute atomic E-state index is 0.0550. The molecular weight excluding hydrogens is 518 g/mol. The van der Waals surface area contributed by atoms with Crippen LogP contribution in [0.25, 0.3) is 22.7 Å². The van der Waals surface area contributed by atoms with Gasteiger partial charge in [0.05, 0.1) is 17.8 Å².